The van der Waals surface area contributed by atoms with Gasteiger partial charge in [0, 0.05) is 10.2 Å². The summed E-state index contributed by atoms with van der Waals surface area (Å²) < 4.78 is 12.0. The van der Waals surface area contributed by atoms with Crippen LogP contribution in [-0.2, 0) is 6.61 Å². The number of carbonyl (C=O) groups is 1. The van der Waals surface area contributed by atoms with Crippen molar-refractivity contribution in [2.75, 3.05) is 17.2 Å². The molecule has 3 rings (SSSR count). The standard InChI is InChI=1S/C18H17BrN4O3S/c1-2-25-14-9-5-13(6-10-14)20-17(24)21-18-23-22-16(27-18)11-26-15-7-3-12(19)4-8-15/h3-10H,2,11H2,1H3,(H2,20,21,23,24). The average Bonchev–Trinajstić information content (AvgIpc) is 3.10. The summed E-state index contributed by atoms with van der Waals surface area (Å²) in [7, 11) is 0. The van der Waals surface area contributed by atoms with Crippen molar-refractivity contribution in [2.24, 2.45) is 0 Å². The molecule has 0 radical (unpaired) electrons. The van der Waals surface area contributed by atoms with Crippen LogP contribution in [0.2, 0.25) is 0 Å². The lowest BCUT2D eigenvalue weighted by Crippen LogP contribution is -2.19. The van der Waals surface area contributed by atoms with Gasteiger partial charge in [-0.25, -0.2) is 4.79 Å². The second-order valence-corrected chi connectivity index (χ2v) is 7.26. The van der Waals surface area contributed by atoms with Crippen LogP contribution >= 0.6 is 27.3 Å². The Balaban J connectivity index is 1.49. The van der Waals surface area contributed by atoms with Gasteiger partial charge < -0.3 is 14.8 Å². The van der Waals surface area contributed by atoms with Gasteiger partial charge in [0.15, 0.2) is 5.01 Å². The van der Waals surface area contributed by atoms with Crippen LogP contribution in [0.15, 0.2) is 53.0 Å². The zero-order valence-electron chi connectivity index (χ0n) is 14.4. The molecule has 0 fully saturated rings. The number of nitrogens with one attached hydrogen (secondary N) is 2. The van der Waals surface area contributed by atoms with Crippen molar-refractivity contribution >= 4 is 44.1 Å². The quantitative estimate of drug-likeness (QED) is 0.535. The van der Waals surface area contributed by atoms with Crippen molar-refractivity contribution in [1.29, 1.82) is 0 Å². The Bertz CT molecular complexity index is 884. The molecule has 0 unspecified atom stereocenters. The minimum Gasteiger partial charge on any atom is -0.494 e. The highest BCUT2D eigenvalue weighted by atomic mass is 79.9. The number of hydrogen-bond donors (Lipinski definition) is 2. The van der Waals surface area contributed by atoms with E-state index >= 15 is 0 Å². The molecule has 0 spiro atoms. The highest BCUT2D eigenvalue weighted by molar-refractivity contribution is 9.10. The lowest BCUT2D eigenvalue weighted by Gasteiger charge is -2.07. The molecule has 0 aliphatic carbocycles. The average molecular weight is 449 g/mol. The molecule has 27 heavy (non-hydrogen) atoms. The maximum Gasteiger partial charge on any atom is 0.325 e. The van der Waals surface area contributed by atoms with Crippen molar-refractivity contribution in [2.45, 2.75) is 13.5 Å². The number of halogens is 1. The first-order valence-corrected chi connectivity index (χ1v) is 9.75. The fraction of sp³-hybridized carbons (Fsp3) is 0.167. The van der Waals surface area contributed by atoms with E-state index in [-0.39, 0.29) is 6.61 Å². The Morgan fingerprint density at radius 2 is 1.67 bits per heavy atom. The number of benzene rings is 2. The van der Waals surface area contributed by atoms with Crippen LogP contribution < -0.4 is 20.1 Å². The van der Waals surface area contributed by atoms with E-state index in [1.165, 1.54) is 11.3 Å². The first kappa shape index (κ1) is 19.1. The van der Waals surface area contributed by atoms with Crippen molar-refractivity contribution in [1.82, 2.24) is 10.2 Å². The summed E-state index contributed by atoms with van der Waals surface area (Å²) in [6, 6.07) is 14.2. The molecule has 0 aliphatic rings. The fourth-order valence-electron chi connectivity index (χ4n) is 2.10. The monoisotopic (exact) mass is 448 g/mol. The Morgan fingerprint density at radius 1 is 1.00 bits per heavy atom. The van der Waals surface area contributed by atoms with Gasteiger partial charge in [-0.1, -0.05) is 27.3 Å². The zero-order chi connectivity index (χ0) is 19.1. The summed E-state index contributed by atoms with van der Waals surface area (Å²) in [5.41, 5.74) is 0.652. The predicted molar refractivity (Wildman–Crippen MR) is 109 cm³/mol. The first-order valence-electron chi connectivity index (χ1n) is 8.14. The largest absolute Gasteiger partial charge is 0.494 e. The number of aromatic nitrogens is 2. The van der Waals surface area contributed by atoms with E-state index in [4.69, 9.17) is 9.47 Å². The molecule has 0 saturated heterocycles. The SMILES string of the molecule is CCOc1ccc(NC(=O)Nc2nnc(COc3ccc(Br)cc3)s2)cc1. The second-order valence-electron chi connectivity index (χ2n) is 5.28. The van der Waals surface area contributed by atoms with E-state index in [2.05, 4.69) is 36.8 Å². The van der Waals surface area contributed by atoms with Crippen LogP contribution in [0.4, 0.5) is 15.6 Å². The lowest BCUT2D eigenvalue weighted by atomic mass is 10.3. The minimum absolute atomic E-state index is 0.279. The number of nitrogens with zero attached hydrogens (tertiary/aromatic N) is 2. The van der Waals surface area contributed by atoms with E-state index in [0.717, 1.165) is 16.0 Å². The van der Waals surface area contributed by atoms with Gasteiger partial charge in [-0.15, -0.1) is 10.2 Å². The number of ether oxygens (including phenoxy) is 2. The molecule has 1 aromatic heterocycles. The van der Waals surface area contributed by atoms with Crippen molar-refractivity contribution in [3.63, 3.8) is 0 Å². The Morgan fingerprint density at radius 3 is 2.37 bits per heavy atom. The molecule has 2 N–H and O–H groups in total. The molecular formula is C18H17BrN4O3S. The van der Waals surface area contributed by atoms with Crippen molar-refractivity contribution in [3.05, 3.63) is 58.0 Å². The van der Waals surface area contributed by atoms with Gasteiger partial charge in [-0.2, -0.15) is 0 Å². The van der Waals surface area contributed by atoms with Crippen molar-refractivity contribution < 1.29 is 14.3 Å². The van der Waals surface area contributed by atoms with Gasteiger partial charge in [0.05, 0.1) is 6.61 Å². The van der Waals surface area contributed by atoms with Crippen LogP contribution in [0.3, 0.4) is 0 Å². The van der Waals surface area contributed by atoms with Gasteiger partial charge in [-0.05, 0) is 55.5 Å². The minimum atomic E-state index is -0.393. The number of amides is 2. The highest BCUT2D eigenvalue weighted by Crippen LogP contribution is 2.21. The molecule has 140 valence electrons. The predicted octanol–water partition coefficient (Wildman–Crippen LogP) is 4.92. The Labute approximate surface area is 168 Å². The van der Waals surface area contributed by atoms with E-state index in [1.54, 1.807) is 24.3 Å². The zero-order valence-corrected chi connectivity index (χ0v) is 16.8. The summed E-state index contributed by atoms with van der Waals surface area (Å²) in [6.45, 7) is 2.79. The molecule has 7 nitrogen and oxygen atoms in total. The molecule has 3 aromatic rings. The number of carbonyl (C=O) groups excluding carboxylic acids is 1. The summed E-state index contributed by atoms with van der Waals surface area (Å²) in [5, 5.41) is 14.4. The summed E-state index contributed by atoms with van der Waals surface area (Å²) in [4.78, 5) is 12.1. The Hall–Kier alpha value is -2.65. The number of hydrogen-bond acceptors (Lipinski definition) is 6. The van der Waals surface area contributed by atoms with E-state index in [1.807, 2.05) is 31.2 Å². The van der Waals surface area contributed by atoms with E-state index in [9.17, 15) is 4.79 Å². The van der Waals surface area contributed by atoms with Gasteiger partial charge in [0.2, 0.25) is 5.13 Å². The molecule has 2 amide bonds. The second kappa shape index (κ2) is 9.33. The molecule has 9 heteroatoms. The molecule has 0 atom stereocenters. The lowest BCUT2D eigenvalue weighted by molar-refractivity contribution is 0.262. The maximum atomic E-state index is 12.1. The van der Waals surface area contributed by atoms with Crippen LogP contribution in [0.5, 0.6) is 11.5 Å². The van der Waals surface area contributed by atoms with Crippen molar-refractivity contribution in [3.8, 4) is 11.5 Å². The maximum absolute atomic E-state index is 12.1. The van der Waals surface area contributed by atoms with Crippen LogP contribution in [-0.4, -0.2) is 22.8 Å². The molecule has 1 heterocycles. The summed E-state index contributed by atoms with van der Waals surface area (Å²) in [5.74, 6) is 1.49. The first-order chi connectivity index (χ1) is 13.1. The van der Waals surface area contributed by atoms with Crippen LogP contribution in [0.1, 0.15) is 11.9 Å². The smallest absolute Gasteiger partial charge is 0.325 e. The van der Waals surface area contributed by atoms with Crippen LogP contribution in [0, 0.1) is 0 Å². The topological polar surface area (TPSA) is 85.4 Å². The Kier molecular flexibility index (Phi) is 6.61. The van der Waals surface area contributed by atoms with E-state index in [0.29, 0.717) is 22.4 Å². The highest BCUT2D eigenvalue weighted by Gasteiger charge is 2.09. The number of rotatable bonds is 7. The summed E-state index contributed by atoms with van der Waals surface area (Å²) >= 11 is 4.63. The molecule has 0 saturated carbocycles. The van der Waals surface area contributed by atoms with Crippen LogP contribution in [0.25, 0.3) is 0 Å². The summed E-state index contributed by atoms with van der Waals surface area (Å²) in [6.07, 6.45) is 0. The van der Waals surface area contributed by atoms with Gasteiger partial charge in [0.25, 0.3) is 0 Å². The van der Waals surface area contributed by atoms with Gasteiger partial charge in [0.1, 0.15) is 18.1 Å². The molecule has 0 aliphatic heterocycles. The molecule has 0 bridgehead atoms. The van der Waals surface area contributed by atoms with Gasteiger partial charge >= 0.3 is 6.03 Å². The van der Waals surface area contributed by atoms with Gasteiger partial charge in [-0.3, -0.25) is 5.32 Å². The van der Waals surface area contributed by atoms with E-state index < -0.39 is 6.03 Å². The third kappa shape index (κ3) is 5.93. The number of urea groups is 1. The third-order valence-corrected chi connectivity index (χ3v) is 4.63. The third-order valence-electron chi connectivity index (χ3n) is 3.29. The number of anilines is 2. The fourth-order valence-corrected chi connectivity index (χ4v) is 3.01. The normalized spacial score (nSPS) is 10.3. The molecular weight excluding hydrogens is 432 g/mol. The molecule has 2 aromatic carbocycles.